The minimum atomic E-state index is -0.0474. The summed E-state index contributed by atoms with van der Waals surface area (Å²) in [5, 5.41) is 8.93. The number of halogens is 1. The predicted octanol–water partition coefficient (Wildman–Crippen LogP) is 3.53. The maximum absolute atomic E-state index is 12.3. The highest BCUT2D eigenvalue weighted by molar-refractivity contribution is 7.10. The Hall–Kier alpha value is -1.76. The molecule has 1 aromatic carbocycles. The first kappa shape index (κ1) is 18.0. The largest absolute Gasteiger partial charge is 0.378 e. The molecule has 1 atom stereocenters. The Morgan fingerprint density at radius 1 is 1.32 bits per heavy atom. The third-order valence-corrected chi connectivity index (χ3v) is 5.46. The zero-order chi connectivity index (χ0) is 17.6. The van der Waals surface area contributed by atoms with E-state index in [1.807, 2.05) is 42.6 Å². The quantitative estimate of drug-likeness (QED) is 0.806. The van der Waals surface area contributed by atoms with Crippen LogP contribution in [0.4, 0.5) is 11.4 Å². The van der Waals surface area contributed by atoms with Crippen molar-refractivity contribution < 1.29 is 9.53 Å². The number of rotatable bonds is 6. The van der Waals surface area contributed by atoms with Crippen molar-refractivity contribution in [2.45, 2.75) is 13.0 Å². The fraction of sp³-hybridized carbons (Fsp3) is 0.389. The number of morpholine rings is 1. The second kappa shape index (κ2) is 8.56. The van der Waals surface area contributed by atoms with Crippen LogP contribution in [0.15, 0.2) is 35.7 Å². The van der Waals surface area contributed by atoms with Crippen LogP contribution < -0.4 is 15.5 Å². The lowest BCUT2D eigenvalue weighted by Gasteiger charge is -2.31. The molecule has 1 fully saturated rings. The van der Waals surface area contributed by atoms with Gasteiger partial charge in [0.1, 0.15) is 0 Å². The summed E-state index contributed by atoms with van der Waals surface area (Å²) in [4.78, 5) is 15.6. The van der Waals surface area contributed by atoms with Gasteiger partial charge in [0.15, 0.2) is 0 Å². The van der Waals surface area contributed by atoms with E-state index in [4.69, 9.17) is 16.3 Å². The lowest BCUT2D eigenvalue weighted by Crippen LogP contribution is -2.37. The van der Waals surface area contributed by atoms with E-state index in [1.54, 1.807) is 11.3 Å². The van der Waals surface area contributed by atoms with Gasteiger partial charge in [-0.1, -0.05) is 23.7 Å². The van der Waals surface area contributed by atoms with Crippen LogP contribution in [0.3, 0.4) is 0 Å². The van der Waals surface area contributed by atoms with E-state index in [1.165, 1.54) is 0 Å². The third-order valence-electron chi connectivity index (χ3n) is 4.10. The minimum Gasteiger partial charge on any atom is -0.378 e. The molecule has 0 unspecified atom stereocenters. The number of hydrogen-bond donors (Lipinski definition) is 2. The van der Waals surface area contributed by atoms with Crippen molar-refractivity contribution >= 4 is 40.2 Å². The van der Waals surface area contributed by atoms with E-state index in [2.05, 4.69) is 15.5 Å². The van der Waals surface area contributed by atoms with E-state index in [-0.39, 0.29) is 18.5 Å². The normalized spacial score (nSPS) is 15.7. The van der Waals surface area contributed by atoms with Gasteiger partial charge in [0.05, 0.1) is 42.2 Å². The Labute approximate surface area is 156 Å². The Balaban J connectivity index is 1.62. The molecule has 2 heterocycles. The van der Waals surface area contributed by atoms with Crippen LogP contribution in [-0.2, 0) is 9.53 Å². The van der Waals surface area contributed by atoms with Crippen molar-refractivity contribution in [1.29, 1.82) is 0 Å². The van der Waals surface area contributed by atoms with E-state index in [0.29, 0.717) is 18.2 Å². The van der Waals surface area contributed by atoms with Crippen molar-refractivity contribution in [1.82, 2.24) is 5.32 Å². The Bertz CT molecular complexity index is 702. The van der Waals surface area contributed by atoms with Crippen molar-refractivity contribution in [2.75, 3.05) is 43.1 Å². The summed E-state index contributed by atoms with van der Waals surface area (Å²) in [6.45, 7) is 5.14. The van der Waals surface area contributed by atoms with E-state index >= 15 is 0 Å². The molecule has 25 heavy (non-hydrogen) atoms. The molecule has 0 bridgehead atoms. The number of nitrogens with zero attached hydrogens (tertiary/aromatic N) is 1. The SMILES string of the molecule is C[C@H](NC(=O)CNc1cccc(Cl)c1N1CCOCC1)c1cccs1. The van der Waals surface area contributed by atoms with Gasteiger partial charge in [-0.05, 0) is 30.5 Å². The number of anilines is 2. The Morgan fingerprint density at radius 2 is 2.12 bits per heavy atom. The summed E-state index contributed by atoms with van der Waals surface area (Å²) < 4.78 is 5.41. The highest BCUT2D eigenvalue weighted by Crippen LogP contribution is 2.34. The van der Waals surface area contributed by atoms with Gasteiger partial charge in [0, 0.05) is 18.0 Å². The number of nitrogens with one attached hydrogen (secondary N) is 2. The fourth-order valence-electron chi connectivity index (χ4n) is 2.84. The number of thiophene rings is 1. The number of para-hydroxylation sites is 1. The molecule has 1 aliphatic rings. The van der Waals surface area contributed by atoms with Gasteiger partial charge in [-0.3, -0.25) is 4.79 Å². The molecule has 0 saturated carbocycles. The van der Waals surface area contributed by atoms with Crippen LogP contribution in [0.25, 0.3) is 0 Å². The van der Waals surface area contributed by atoms with Gasteiger partial charge >= 0.3 is 0 Å². The molecule has 1 amide bonds. The van der Waals surface area contributed by atoms with Gasteiger partial charge in [-0.2, -0.15) is 0 Å². The van der Waals surface area contributed by atoms with Crippen LogP contribution in [0.2, 0.25) is 5.02 Å². The van der Waals surface area contributed by atoms with Crippen molar-refractivity contribution in [2.24, 2.45) is 0 Å². The van der Waals surface area contributed by atoms with Crippen LogP contribution >= 0.6 is 22.9 Å². The zero-order valence-electron chi connectivity index (χ0n) is 14.1. The minimum absolute atomic E-state index is 0.00683. The van der Waals surface area contributed by atoms with E-state index in [9.17, 15) is 4.79 Å². The van der Waals surface area contributed by atoms with Gasteiger partial charge < -0.3 is 20.3 Å². The lowest BCUT2D eigenvalue weighted by atomic mass is 10.2. The third kappa shape index (κ3) is 4.66. The smallest absolute Gasteiger partial charge is 0.239 e. The summed E-state index contributed by atoms with van der Waals surface area (Å²) in [5.74, 6) is -0.0474. The molecular formula is C18H22ClN3O2S. The molecule has 2 aromatic rings. The molecule has 0 aliphatic carbocycles. The molecule has 0 spiro atoms. The molecule has 2 N–H and O–H groups in total. The molecule has 1 aromatic heterocycles. The molecule has 3 rings (SSSR count). The predicted molar refractivity (Wildman–Crippen MR) is 104 cm³/mol. The summed E-state index contributed by atoms with van der Waals surface area (Å²) in [5.41, 5.74) is 1.81. The molecule has 134 valence electrons. The molecule has 1 saturated heterocycles. The first-order chi connectivity index (χ1) is 12.1. The van der Waals surface area contributed by atoms with E-state index in [0.717, 1.165) is 29.3 Å². The number of hydrogen-bond acceptors (Lipinski definition) is 5. The van der Waals surface area contributed by atoms with Gasteiger partial charge in [0.25, 0.3) is 0 Å². The number of benzene rings is 1. The highest BCUT2D eigenvalue weighted by Gasteiger charge is 2.18. The summed E-state index contributed by atoms with van der Waals surface area (Å²) >= 11 is 8.05. The Kier molecular flexibility index (Phi) is 6.18. The number of carbonyl (C=O) groups excluding carboxylic acids is 1. The first-order valence-corrected chi connectivity index (χ1v) is 9.59. The monoisotopic (exact) mass is 379 g/mol. The fourth-order valence-corrected chi connectivity index (χ4v) is 3.87. The molecule has 5 nitrogen and oxygen atoms in total. The lowest BCUT2D eigenvalue weighted by molar-refractivity contribution is -0.120. The standard InChI is InChI=1S/C18H22ClN3O2S/c1-13(16-6-3-11-25-16)21-17(23)12-20-15-5-2-4-14(19)18(15)22-7-9-24-10-8-22/h2-6,11,13,20H,7-10,12H2,1H3,(H,21,23)/t13-/m0/s1. The van der Waals surface area contributed by atoms with Gasteiger partial charge in [0.2, 0.25) is 5.91 Å². The average Bonchev–Trinajstić information content (AvgIpc) is 3.15. The summed E-state index contributed by atoms with van der Waals surface area (Å²) in [6.07, 6.45) is 0. The number of carbonyl (C=O) groups is 1. The average molecular weight is 380 g/mol. The highest BCUT2D eigenvalue weighted by atomic mass is 35.5. The molecule has 7 heteroatoms. The maximum atomic E-state index is 12.3. The van der Waals surface area contributed by atoms with Crippen LogP contribution in [0.1, 0.15) is 17.8 Å². The summed E-state index contributed by atoms with van der Waals surface area (Å²) in [6, 6.07) is 9.73. The van der Waals surface area contributed by atoms with Gasteiger partial charge in [-0.15, -0.1) is 11.3 Å². The van der Waals surface area contributed by atoms with E-state index < -0.39 is 0 Å². The maximum Gasteiger partial charge on any atom is 0.239 e. The molecular weight excluding hydrogens is 358 g/mol. The Morgan fingerprint density at radius 3 is 2.84 bits per heavy atom. The molecule has 0 radical (unpaired) electrons. The second-order valence-corrected chi connectivity index (χ2v) is 7.28. The number of ether oxygens (including phenoxy) is 1. The van der Waals surface area contributed by atoms with Crippen LogP contribution in [-0.4, -0.2) is 38.8 Å². The van der Waals surface area contributed by atoms with Crippen molar-refractivity contribution in [3.05, 3.63) is 45.6 Å². The topological polar surface area (TPSA) is 53.6 Å². The first-order valence-electron chi connectivity index (χ1n) is 8.33. The summed E-state index contributed by atoms with van der Waals surface area (Å²) in [7, 11) is 0. The van der Waals surface area contributed by atoms with Crippen LogP contribution in [0.5, 0.6) is 0 Å². The second-order valence-electron chi connectivity index (χ2n) is 5.89. The zero-order valence-corrected chi connectivity index (χ0v) is 15.7. The van der Waals surface area contributed by atoms with Crippen molar-refractivity contribution in [3.63, 3.8) is 0 Å². The van der Waals surface area contributed by atoms with Crippen molar-refractivity contribution in [3.8, 4) is 0 Å². The van der Waals surface area contributed by atoms with Gasteiger partial charge in [-0.25, -0.2) is 0 Å². The number of amides is 1. The van der Waals surface area contributed by atoms with Crippen LogP contribution in [0, 0.1) is 0 Å². The molecule has 1 aliphatic heterocycles.